The zero-order valence-corrected chi connectivity index (χ0v) is 11.7. The van der Waals surface area contributed by atoms with E-state index < -0.39 is 17.6 Å². The molecule has 0 bridgehead atoms. The second-order valence-electron chi connectivity index (χ2n) is 6.51. The Hall–Kier alpha value is -0.670. The van der Waals surface area contributed by atoms with Crippen molar-refractivity contribution in [3.8, 4) is 0 Å². The molecule has 1 fully saturated rings. The first-order chi connectivity index (χ1) is 8.29. The zero-order chi connectivity index (χ0) is 13.7. The molecule has 3 heteroatoms. The molecule has 1 spiro atoms. The lowest BCUT2D eigenvalue weighted by molar-refractivity contribution is -0.138. The molecule has 0 aromatic carbocycles. The summed E-state index contributed by atoms with van der Waals surface area (Å²) in [4.78, 5) is 11.9. The lowest BCUT2D eigenvalue weighted by atomic mass is 9.58. The molecule has 1 saturated carbocycles. The van der Waals surface area contributed by atoms with E-state index in [-0.39, 0.29) is 23.5 Å². The largest absolute Gasteiger partial charge is 0.393 e. The van der Waals surface area contributed by atoms with Gasteiger partial charge in [-0.15, -0.1) is 0 Å². The van der Waals surface area contributed by atoms with Crippen molar-refractivity contribution in [1.82, 2.24) is 0 Å². The van der Waals surface area contributed by atoms with Gasteiger partial charge in [-0.1, -0.05) is 26.8 Å². The number of hydrogen-bond donors (Lipinski definition) is 2. The first-order valence-electron chi connectivity index (χ1n) is 6.88. The third-order valence-corrected chi connectivity index (χ3v) is 5.03. The first-order valence-corrected chi connectivity index (χ1v) is 6.88. The molecule has 2 rings (SSSR count). The molecule has 0 aliphatic heterocycles. The van der Waals surface area contributed by atoms with Crippen molar-refractivity contribution in [3.63, 3.8) is 0 Å². The van der Waals surface area contributed by atoms with Crippen molar-refractivity contribution in [2.45, 2.75) is 52.7 Å². The summed E-state index contributed by atoms with van der Waals surface area (Å²) >= 11 is 0. The van der Waals surface area contributed by atoms with Crippen molar-refractivity contribution in [2.24, 2.45) is 23.2 Å². The Labute approximate surface area is 109 Å². The molecular weight excluding hydrogens is 228 g/mol. The molecule has 102 valence electrons. The summed E-state index contributed by atoms with van der Waals surface area (Å²) in [5.41, 5.74) is 0.315. The van der Waals surface area contributed by atoms with Gasteiger partial charge in [0.15, 0.2) is 5.78 Å². The van der Waals surface area contributed by atoms with Crippen LogP contribution < -0.4 is 0 Å². The van der Waals surface area contributed by atoms with E-state index in [2.05, 4.69) is 0 Å². The van der Waals surface area contributed by atoms with Gasteiger partial charge in [-0.2, -0.15) is 0 Å². The van der Waals surface area contributed by atoms with Crippen LogP contribution in [0.25, 0.3) is 0 Å². The third-order valence-electron chi connectivity index (χ3n) is 5.03. The van der Waals surface area contributed by atoms with Gasteiger partial charge in [0.2, 0.25) is 0 Å². The summed E-state index contributed by atoms with van der Waals surface area (Å²) in [6.45, 7) is 7.90. The molecule has 0 heterocycles. The van der Waals surface area contributed by atoms with Crippen LogP contribution in [-0.4, -0.2) is 28.2 Å². The number of ketones is 1. The van der Waals surface area contributed by atoms with Crippen molar-refractivity contribution < 1.29 is 15.0 Å². The molecule has 3 nitrogen and oxygen atoms in total. The van der Waals surface area contributed by atoms with E-state index >= 15 is 0 Å². The lowest BCUT2D eigenvalue weighted by Gasteiger charge is -2.50. The highest BCUT2D eigenvalue weighted by Crippen LogP contribution is 2.52. The SMILES string of the molecule is CC1=CC2(CC1=O)C(C)CC(O)C(C(C)C)C2O. The van der Waals surface area contributed by atoms with E-state index in [0.717, 1.165) is 5.57 Å². The van der Waals surface area contributed by atoms with Gasteiger partial charge < -0.3 is 10.2 Å². The Morgan fingerprint density at radius 1 is 1.39 bits per heavy atom. The van der Waals surface area contributed by atoms with E-state index in [0.29, 0.717) is 12.8 Å². The average molecular weight is 252 g/mol. The number of rotatable bonds is 1. The summed E-state index contributed by atoms with van der Waals surface area (Å²) in [5.74, 6) is 0.346. The smallest absolute Gasteiger partial charge is 0.159 e. The highest BCUT2D eigenvalue weighted by atomic mass is 16.3. The number of allylic oxidation sites excluding steroid dienone is 1. The quantitative estimate of drug-likeness (QED) is 0.749. The molecule has 0 saturated heterocycles. The Morgan fingerprint density at radius 2 is 2.00 bits per heavy atom. The standard InChI is InChI=1S/C15H24O3/c1-8(2)13-11(16)5-10(4)15(14(13)18)6-9(3)12(17)7-15/h6,8,10-11,13-14,16,18H,5,7H2,1-4H3. The fraction of sp³-hybridized carbons (Fsp3) is 0.800. The summed E-state index contributed by atoms with van der Waals surface area (Å²) in [6.07, 6.45) is 1.93. The van der Waals surface area contributed by atoms with Crippen LogP contribution in [-0.2, 0) is 4.79 Å². The molecule has 2 N–H and O–H groups in total. The number of Topliss-reactive ketones (excluding diaryl/α,β-unsaturated/α-hetero) is 1. The maximum atomic E-state index is 11.9. The average Bonchev–Trinajstić information content (AvgIpc) is 2.54. The molecule has 18 heavy (non-hydrogen) atoms. The van der Waals surface area contributed by atoms with Gasteiger partial charge >= 0.3 is 0 Å². The Kier molecular flexibility index (Phi) is 3.41. The second kappa shape index (κ2) is 4.46. The summed E-state index contributed by atoms with van der Waals surface area (Å²) in [7, 11) is 0. The van der Waals surface area contributed by atoms with Crippen molar-refractivity contribution in [1.29, 1.82) is 0 Å². The van der Waals surface area contributed by atoms with Crippen LogP contribution in [0.2, 0.25) is 0 Å². The second-order valence-corrected chi connectivity index (χ2v) is 6.51. The van der Waals surface area contributed by atoms with Gasteiger partial charge in [-0.25, -0.2) is 0 Å². The van der Waals surface area contributed by atoms with E-state index in [9.17, 15) is 15.0 Å². The van der Waals surface area contributed by atoms with Crippen LogP contribution in [0.3, 0.4) is 0 Å². The van der Waals surface area contributed by atoms with Gasteiger partial charge in [0, 0.05) is 17.8 Å². The van der Waals surface area contributed by atoms with Gasteiger partial charge in [-0.05, 0) is 30.8 Å². The Bertz CT molecular complexity index is 385. The molecule has 2 aliphatic rings. The van der Waals surface area contributed by atoms with Crippen LogP contribution in [0.4, 0.5) is 0 Å². The highest BCUT2D eigenvalue weighted by Gasteiger charge is 2.54. The molecule has 0 aromatic heterocycles. The van der Waals surface area contributed by atoms with Gasteiger partial charge in [0.05, 0.1) is 12.2 Å². The number of carbonyl (C=O) groups excluding carboxylic acids is 1. The monoisotopic (exact) mass is 252 g/mol. The minimum Gasteiger partial charge on any atom is -0.393 e. The van der Waals surface area contributed by atoms with Gasteiger partial charge in [-0.3, -0.25) is 4.79 Å². The Balaban J connectivity index is 2.39. The maximum absolute atomic E-state index is 11.9. The van der Waals surface area contributed by atoms with Crippen LogP contribution >= 0.6 is 0 Å². The number of carbonyl (C=O) groups is 1. The molecule has 0 aromatic rings. The van der Waals surface area contributed by atoms with Gasteiger partial charge in [0.1, 0.15) is 0 Å². The molecule has 2 aliphatic carbocycles. The maximum Gasteiger partial charge on any atom is 0.159 e. The van der Waals surface area contributed by atoms with Crippen LogP contribution in [0.1, 0.15) is 40.5 Å². The fourth-order valence-electron chi connectivity index (χ4n) is 3.87. The minimum absolute atomic E-state index is 0.138. The van der Waals surface area contributed by atoms with Crippen LogP contribution in [0.15, 0.2) is 11.6 Å². The number of hydrogen-bond acceptors (Lipinski definition) is 3. The van der Waals surface area contributed by atoms with Crippen molar-refractivity contribution >= 4 is 5.78 Å². The van der Waals surface area contributed by atoms with E-state index in [4.69, 9.17) is 0 Å². The number of aliphatic hydroxyl groups excluding tert-OH is 2. The normalized spacial score (nSPS) is 44.8. The predicted molar refractivity (Wildman–Crippen MR) is 69.9 cm³/mol. The molecule has 5 atom stereocenters. The minimum atomic E-state index is -0.627. The third kappa shape index (κ3) is 1.84. The van der Waals surface area contributed by atoms with Gasteiger partial charge in [0.25, 0.3) is 0 Å². The first kappa shape index (κ1) is 13.8. The lowest BCUT2D eigenvalue weighted by Crippen LogP contribution is -2.54. The zero-order valence-electron chi connectivity index (χ0n) is 11.7. The van der Waals surface area contributed by atoms with E-state index in [1.165, 1.54) is 0 Å². The Morgan fingerprint density at radius 3 is 2.44 bits per heavy atom. The highest BCUT2D eigenvalue weighted by molar-refractivity contribution is 5.98. The summed E-state index contributed by atoms with van der Waals surface area (Å²) in [5, 5.41) is 20.9. The molecule has 0 amide bonds. The van der Waals surface area contributed by atoms with Crippen LogP contribution in [0.5, 0.6) is 0 Å². The van der Waals surface area contributed by atoms with Crippen molar-refractivity contribution in [2.75, 3.05) is 0 Å². The van der Waals surface area contributed by atoms with Crippen molar-refractivity contribution in [3.05, 3.63) is 11.6 Å². The van der Waals surface area contributed by atoms with E-state index in [1.54, 1.807) is 0 Å². The van der Waals surface area contributed by atoms with E-state index in [1.807, 2.05) is 33.8 Å². The molecule has 0 radical (unpaired) electrons. The molecule has 5 unspecified atom stereocenters. The molecular formula is C15H24O3. The van der Waals surface area contributed by atoms with Crippen LogP contribution in [0, 0.1) is 23.2 Å². The fourth-order valence-corrected chi connectivity index (χ4v) is 3.87. The predicted octanol–water partition coefficient (Wildman–Crippen LogP) is 1.93. The topological polar surface area (TPSA) is 57.5 Å². The summed E-state index contributed by atoms with van der Waals surface area (Å²) in [6, 6.07) is 0. The number of aliphatic hydroxyl groups is 2. The summed E-state index contributed by atoms with van der Waals surface area (Å²) < 4.78 is 0.